The highest BCUT2D eigenvalue weighted by Gasteiger charge is 2.28. The van der Waals surface area contributed by atoms with Crippen molar-refractivity contribution in [2.75, 3.05) is 45.2 Å². The molecule has 7 heteroatoms. The van der Waals surface area contributed by atoms with Crippen LogP contribution in [0.15, 0.2) is 54.6 Å². The van der Waals surface area contributed by atoms with E-state index >= 15 is 0 Å². The Morgan fingerprint density at radius 1 is 0.971 bits per heavy atom. The Balaban J connectivity index is 1.30. The van der Waals surface area contributed by atoms with Crippen molar-refractivity contribution < 1.29 is 14.3 Å². The first-order valence-corrected chi connectivity index (χ1v) is 12.9. The number of nitrogens with one attached hydrogen (secondary N) is 1. The third kappa shape index (κ3) is 7.21. The number of hydrogen-bond acceptors (Lipinski definition) is 4. The number of amides is 3. The second-order valence-corrected chi connectivity index (χ2v) is 9.54. The Kier molecular flexibility index (Phi) is 9.01. The molecule has 3 amide bonds. The van der Waals surface area contributed by atoms with Gasteiger partial charge in [-0.3, -0.25) is 9.69 Å². The maximum absolute atomic E-state index is 13.3. The van der Waals surface area contributed by atoms with Gasteiger partial charge in [0.25, 0.3) is 0 Å². The monoisotopic (exact) mass is 478 g/mol. The summed E-state index contributed by atoms with van der Waals surface area (Å²) in [4.78, 5) is 32.6. The van der Waals surface area contributed by atoms with Crippen molar-refractivity contribution in [2.24, 2.45) is 0 Å². The van der Waals surface area contributed by atoms with Crippen molar-refractivity contribution in [2.45, 2.75) is 51.1 Å². The van der Waals surface area contributed by atoms with Gasteiger partial charge in [0, 0.05) is 63.5 Å². The van der Waals surface area contributed by atoms with Crippen molar-refractivity contribution in [1.82, 2.24) is 14.7 Å². The SMILES string of the molecule is COc1cccc(NC(=O)N(CCC(=O)N2CCN(Cc3ccccc3)CC2)C2CCCCC2)c1. The van der Waals surface area contributed by atoms with E-state index in [9.17, 15) is 9.59 Å². The van der Waals surface area contributed by atoms with Crippen molar-refractivity contribution in [3.05, 3.63) is 60.2 Å². The number of hydrogen-bond donors (Lipinski definition) is 1. The number of rotatable bonds is 8. The van der Waals surface area contributed by atoms with E-state index in [2.05, 4.69) is 34.5 Å². The van der Waals surface area contributed by atoms with Crippen molar-refractivity contribution in [3.63, 3.8) is 0 Å². The highest BCUT2D eigenvalue weighted by molar-refractivity contribution is 5.90. The molecule has 2 aromatic rings. The van der Waals surface area contributed by atoms with Crippen LogP contribution in [0.2, 0.25) is 0 Å². The predicted octanol–water partition coefficient (Wildman–Crippen LogP) is 4.60. The molecule has 0 aromatic heterocycles. The summed E-state index contributed by atoms with van der Waals surface area (Å²) in [7, 11) is 1.61. The van der Waals surface area contributed by atoms with E-state index in [4.69, 9.17) is 4.74 Å². The van der Waals surface area contributed by atoms with Crippen LogP contribution in [0.25, 0.3) is 0 Å². The average molecular weight is 479 g/mol. The largest absolute Gasteiger partial charge is 0.497 e. The van der Waals surface area contributed by atoms with Crippen LogP contribution in [-0.4, -0.2) is 72.5 Å². The molecular weight excluding hydrogens is 440 g/mol. The normalized spacial score (nSPS) is 17.1. The van der Waals surface area contributed by atoms with E-state index in [-0.39, 0.29) is 18.0 Å². The number of carbonyl (C=O) groups is 2. The lowest BCUT2D eigenvalue weighted by atomic mass is 9.94. The molecule has 0 radical (unpaired) electrons. The predicted molar refractivity (Wildman–Crippen MR) is 139 cm³/mol. The number of ether oxygens (including phenoxy) is 1. The topological polar surface area (TPSA) is 65.1 Å². The van der Waals surface area contributed by atoms with E-state index in [1.165, 1.54) is 12.0 Å². The Labute approximate surface area is 209 Å². The smallest absolute Gasteiger partial charge is 0.322 e. The quantitative estimate of drug-likeness (QED) is 0.602. The molecule has 2 fully saturated rings. The summed E-state index contributed by atoms with van der Waals surface area (Å²) in [5.41, 5.74) is 2.01. The molecule has 0 atom stereocenters. The van der Waals surface area contributed by atoms with E-state index in [0.29, 0.717) is 24.4 Å². The number of piperazine rings is 1. The molecule has 2 aliphatic rings. The van der Waals surface area contributed by atoms with Gasteiger partial charge in [0.2, 0.25) is 5.91 Å². The van der Waals surface area contributed by atoms with Gasteiger partial charge in [-0.2, -0.15) is 0 Å². The van der Waals surface area contributed by atoms with Gasteiger partial charge >= 0.3 is 6.03 Å². The summed E-state index contributed by atoms with van der Waals surface area (Å²) in [6.07, 6.45) is 5.83. The van der Waals surface area contributed by atoms with Gasteiger partial charge in [0.15, 0.2) is 0 Å². The van der Waals surface area contributed by atoms with E-state index in [1.807, 2.05) is 40.1 Å². The molecule has 1 saturated carbocycles. The Hall–Kier alpha value is -3.06. The van der Waals surface area contributed by atoms with Gasteiger partial charge < -0.3 is 19.9 Å². The van der Waals surface area contributed by atoms with Gasteiger partial charge in [-0.15, -0.1) is 0 Å². The number of carbonyl (C=O) groups excluding carboxylic acids is 2. The van der Waals surface area contributed by atoms with Gasteiger partial charge in [0.1, 0.15) is 5.75 Å². The van der Waals surface area contributed by atoms with Gasteiger partial charge in [-0.25, -0.2) is 4.79 Å². The van der Waals surface area contributed by atoms with Crippen LogP contribution >= 0.6 is 0 Å². The first-order valence-electron chi connectivity index (χ1n) is 12.9. The number of anilines is 1. The average Bonchev–Trinajstić information content (AvgIpc) is 2.90. The highest BCUT2D eigenvalue weighted by Crippen LogP contribution is 2.25. The molecule has 0 spiro atoms. The first kappa shape index (κ1) is 25.0. The van der Waals surface area contributed by atoms with Crippen molar-refractivity contribution in [3.8, 4) is 5.75 Å². The Morgan fingerprint density at radius 3 is 2.43 bits per heavy atom. The number of methoxy groups -OCH3 is 1. The van der Waals surface area contributed by atoms with Crippen LogP contribution in [0.5, 0.6) is 5.75 Å². The molecule has 35 heavy (non-hydrogen) atoms. The summed E-state index contributed by atoms with van der Waals surface area (Å²) in [5, 5.41) is 3.02. The number of urea groups is 1. The second-order valence-electron chi connectivity index (χ2n) is 9.54. The fourth-order valence-corrected chi connectivity index (χ4v) is 5.11. The second kappa shape index (κ2) is 12.6. The molecule has 1 saturated heterocycles. The minimum Gasteiger partial charge on any atom is -0.497 e. The minimum atomic E-state index is -0.134. The maximum Gasteiger partial charge on any atom is 0.322 e. The van der Waals surface area contributed by atoms with Crippen LogP contribution < -0.4 is 10.1 Å². The molecule has 2 aromatic carbocycles. The molecule has 0 unspecified atom stereocenters. The first-order chi connectivity index (χ1) is 17.1. The summed E-state index contributed by atoms with van der Waals surface area (Å²) in [6.45, 7) is 4.61. The fourth-order valence-electron chi connectivity index (χ4n) is 5.11. The molecule has 1 heterocycles. The molecular formula is C28H38N4O3. The standard InChI is InChI=1S/C28H38N4O3/c1-35-26-14-8-11-24(21-26)29-28(34)32(25-12-6-3-7-13-25)16-15-27(33)31-19-17-30(18-20-31)22-23-9-4-2-5-10-23/h2,4-5,8-11,14,21,25H,3,6-7,12-13,15-20,22H2,1H3,(H,29,34). The molecule has 188 valence electrons. The summed E-state index contributed by atoms with van der Waals surface area (Å²) >= 11 is 0. The van der Waals surface area contributed by atoms with Crippen molar-refractivity contribution in [1.29, 1.82) is 0 Å². The van der Waals surface area contributed by atoms with Crippen LogP contribution in [0.3, 0.4) is 0 Å². The Morgan fingerprint density at radius 2 is 1.71 bits per heavy atom. The third-order valence-corrected chi connectivity index (χ3v) is 7.14. The summed E-state index contributed by atoms with van der Waals surface area (Å²) in [5.74, 6) is 0.841. The zero-order valence-electron chi connectivity index (χ0n) is 20.8. The molecule has 1 aliphatic heterocycles. The minimum absolute atomic E-state index is 0.134. The van der Waals surface area contributed by atoms with E-state index < -0.39 is 0 Å². The molecule has 4 rings (SSSR count). The zero-order chi connectivity index (χ0) is 24.5. The third-order valence-electron chi connectivity index (χ3n) is 7.14. The van der Waals surface area contributed by atoms with Crippen LogP contribution in [0.4, 0.5) is 10.5 Å². The van der Waals surface area contributed by atoms with Crippen LogP contribution in [0.1, 0.15) is 44.1 Å². The molecule has 7 nitrogen and oxygen atoms in total. The van der Waals surface area contributed by atoms with Crippen molar-refractivity contribution >= 4 is 17.6 Å². The molecule has 1 aliphatic carbocycles. The van der Waals surface area contributed by atoms with E-state index in [0.717, 1.165) is 58.4 Å². The van der Waals surface area contributed by atoms with E-state index in [1.54, 1.807) is 7.11 Å². The lowest BCUT2D eigenvalue weighted by Crippen LogP contribution is -2.50. The highest BCUT2D eigenvalue weighted by atomic mass is 16.5. The molecule has 0 bridgehead atoms. The molecule has 1 N–H and O–H groups in total. The maximum atomic E-state index is 13.3. The number of nitrogens with zero attached hydrogens (tertiary/aromatic N) is 3. The van der Waals surface area contributed by atoms with Crippen LogP contribution in [-0.2, 0) is 11.3 Å². The summed E-state index contributed by atoms with van der Waals surface area (Å²) < 4.78 is 5.28. The van der Waals surface area contributed by atoms with Gasteiger partial charge in [-0.1, -0.05) is 55.7 Å². The zero-order valence-corrected chi connectivity index (χ0v) is 20.8. The number of benzene rings is 2. The lowest BCUT2D eigenvalue weighted by molar-refractivity contribution is -0.133. The van der Waals surface area contributed by atoms with Crippen LogP contribution in [0, 0.1) is 0 Å². The lowest BCUT2D eigenvalue weighted by Gasteiger charge is -2.37. The van der Waals surface area contributed by atoms with Gasteiger partial charge in [-0.05, 0) is 30.5 Å². The fraction of sp³-hybridized carbons (Fsp3) is 0.500. The summed E-state index contributed by atoms with van der Waals surface area (Å²) in [6, 6.07) is 17.9. The van der Waals surface area contributed by atoms with Gasteiger partial charge in [0.05, 0.1) is 7.11 Å². The Bertz CT molecular complexity index is 954.